The quantitative estimate of drug-likeness (QED) is 0.0175. The van der Waals surface area contributed by atoms with Crippen LogP contribution in [0.2, 0.25) is 0 Å². The van der Waals surface area contributed by atoms with Crippen LogP contribution in [0.25, 0.3) is 87.6 Å². The summed E-state index contributed by atoms with van der Waals surface area (Å²) in [6, 6.07) is 66.2. The predicted octanol–water partition coefficient (Wildman–Crippen LogP) is 22.2. The Labute approximate surface area is 710 Å². The van der Waals surface area contributed by atoms with Gasteiger partial charge in [-0.15, -0.1) is 0 Å². The zero-order valence-corrected chi connectivity index (χ0v) is 70.5. The van der Waals surface area contributed by atoms with Gasteiger partial charge in [-0.2, -0.15) is 0 Å². The smallest absolute Gasteiger partial charge is 0.262 e. The standard InChI is InChI=1S/C104H98N6O12/c1-13-17-43-83(103(117)107(15-3)47-45-105-97(111)61(5)6)109-99(113)79-57-85(119-75-39-23-35-71(53-75)67-31-19-27-63(9)49-67)91-93-87(121-77-41-25-37-73(55-77)69-33-21-29-65(11)51-69)59-81-90-82(102(116)110(101(81)115)84(44-18-14-2)104(118)108(16-4)48-46-106-98(112)62(7)8)60-88(122-78-42-26-38-74(56-78)70-34-22-30-66(12)52-70)94(96(90)93)92-86(58-80(100(109)114)89(79)95(91)92)120-76-40-24-36-72(54-76)68-32-20-28-64(10)50-68/h19-42,49-60,83-84H,5,7,13-18,43-48H2,1-4,6,8-12H3,(H,105,111)(H,106,112). The molecule has 13 aromatic carbocycles. The lowest BCUT2D eigenvalue weighted by molar-refractivity contribution is -0.136. The lowest BCUT2D eigenvalue weighted by atomic mass is 9.80. The number of carbonyl (C=O) groups is 8. The molecule has 2 N–H and O–H groups in total. The number of carbonyl (C=O) groups excluding carboxylic acids is 8. The molecule has 2 heterocycles. The summed E-state index contributed by atoms with van der Waals surface area (Å²) in [6.07, 6.45) is 2.20. The van der Waals surface area contributed by atoms with Gasteiger partial charge in [-0.3, -0.25) is 48.2 Å². The summed E-state index contributed by atoms with van der Waals surface area (Å²) in [7, 11) is 0. The van der Waals surface area contributed by atoms with Gasteiger partial charge in [0.2, 0.25) is 23.6 Å². The number of amides is 8. The number of likely N-dealkylation sites (N-methyl/N-ethyl adjacent to an activating group) is 2. The van der Waals surface area contributed by atoms with Crippen molar-refractivity contribution < 1.29 is 57.3 Å². The Kier molecular flexibility index (Phi) is 24.2. The van der Waals surface area contributed by atoms with Crippen molar-refractivity contribution in [1.82, 2.24) is 30.2 Å². The van der Waals surface area contributed by atoms with Crippen molar-refractivity contribution >= 4 is 90.3 Å². The third-order valence-electron chi connectivity index (χ3n) is 23.0. The molecule has 2 aliphatic rings. The molecule has 0 radical (unpaired) electrons. The molecule has 0 aromatic heterocycles. The number of nitrogens with zero attached hydrogens (tertiary/aromatic N) is 4. The maximum Gasteiger partial charge on any atom is 0.262 e. The topological polar surface area (TPSA) is 210 Å². The van der Waals surface area contributed by atoms with E-state index in [2.05, 4.69) is 48.1 Å². The first-order valence-electron chi connectivity index (χ1n) is 41.9. The van der Waals surface area contributed by atoms with Gasteiger partial charge in [0.15, 0.2) is 0 Å². The fraction of sp³-hybridized carbons (Fsp3) is 0.231. The molecule has 8 amide bonds. The zero-order valence-electron chi connectivity index (χ0n) is 70.5. The van der Waals surface area contributed by atoms with E-state index in [0.717, 1.165) is 76.6 Å². The average molecular weight is 1620 g/mol. The van der Waals surface area contributed by atoms with E-state index in [-0.39, 0.29) is 163 Å². The molecule has 122 heavy (non-hydrogen) atoms. The summed E-state index contributed by atoms with van der Waals surface area (Å²) in [5.74, 6) is -3.50. The van der Waals surface area contributed by atoms with E-state index in [1.54, 1.807) is 86.0 Å². The zero-order chi connectivity index (χ0) is 85.9. The molecule has 0 spiro atoms. The first kappa shape index (κ1) is 83.1. The number of ether oxygens (including phenoxy) is 4. The highest BCUT2D eigenvalue weighted by atomic mass is 16.5. The van der Waals surface area contributed by atoms with E-state index < -0.39 is 47.5 Å². The van der Waals surface area contributed by atoms with Gasteiger partial charge in [0.1, 0.15) is 58.1 Å². The fourth-order valence-electron chi connectivity index (χ4n) is 16.9. The number of hydrogen-bond donors (Lipinski definition) is 2. The van der Waals surface area contributed by atoms with Crippen LogP contribution < -0.4 is 29.6 Å². The van der Waals surface area contributed by atoms with Gasteiger partial charge < -0.3 is 39.4 Å². The van der Waals surface area contributed by atoms with Crippen LogP contribution in [0, 0.1) is 27.7 Å². The van der Waals surface area contributed by atoms with E-state index in [0.29, 0.717) is 48.7 Å². The minimum absolute atomic E-state index is 0.0118. The van der Waals surface area contributed by atoms with E-state index in [1.807, 2.05) is 187 Å². The molecule has 0 aliphatic carbocycles. The highest BCUT2D eigenvalue weighted by Crippen LogP contribution is 2.59. The van der Waals surface area contributed by atoms with Crippen molar-refractivity contribution in [2.45, 2.75) is 120 Å². The van der Waals surface area contributed by atoms with Crippen LogP contribution in [0.4, 0.5) is 0 Å². The highest BCUT2D eigenvalue weighted by molar-refractivity contribution is 6.45. The summed E-state index contributed by atoms with van der Waals surface area (Å²) in [5.41, 5.74) is 11.3. The second kappa shape index (κ2) is 35.5. The maximum atomic E-state index is 17.0. The number of unbranched alkanes of at least 4 members (excludes halogenated alkanes) is 2. The Balaban J connectivity index is 1.10. The van der Waals surface area contributed by atoms with Crippen molar-refractivity contribution in [3.8, 4) is 90.5 Å². The van der Waals surface area contributed by atoms with Crippen LogP contribution in [0.15, 0.2) is 243 Å². The van der Waals surface area contributed by atoms with Crippen molar-refractivity contribution in [3.63, 3.8) is 0 Å². The predicted molar refractivity (Wildman–Crippen MR) is 482 cm³/mol. The Morgan fingerprint density at radius 3 is 0.820 bits per heavy atom. The van der Waals surface area contributed by atoms with E-state index in [4.69, 9.17) is 18.9 Å². The Bertz CT molecular complexity index is 5720. The molecule has 616 valence electrons. The first-order valence-corrected chi connectivity index (χ1v) is 41.9. The van der Waals surface area contributed by atoms with Crippen molar-refractivity contribution in [2.24, 2.45) is 0 Å². The summed E-state index contributed by atoms with van der Waals surface area (Å²) in [5, 5.41) is 7.54. The second-order valence-electron chi connectivity index (χ2n) is 31.9. The average Bonchev–Trinajstić information content (AvgIpc) is 0.669. The van der Waals surface area contributed by atoms with Crippen LogP contribution >= 0.6 is 0 Å². The van der Waals surface area contributed by atoms with Crippen LogP contribution in [-0.4, -0.2) is 118 Å². The second-order valence-corrected chi connectivity index (χ2v) is 31.9. The monoisotopic (exact) mass is 1620 g/mol. The van der Waals surface area contributed by atoms with Gasteiger partial charge in [-0.1, -0.05) is 221 Å². The van der Waals surface area contributed by atoms with Crippen molar-refractivity contribution in [1.29, 1.82) is 0 Å². The van der Waals surface area contributed by atoms with Gasteiger partial charge in [-0.05, 0) is 186 Å². The number of aryl methyl sites for hydroxylation is 4. The van der Waals surface area contributed by atoms with Crippen LogP contribution in [0.5, 0.6) is 46.0 Å². The van der Waals surface area contributed by atoms with Crippen molar-refractivity contribution in [2.75, 3.05) is 39.3 Å². The molecule has 0 saturated heterocycles. The molecule has 13 aromatic rings. The number of rotatable bonds is 32. The molecule has 0 fully saturated rings. The molecular weight excluding hydrogens is 1530 g/mol. The van der Waals surface area contributed by atoms with Crippen molar-refractivity contribution in [3.05, 3.63) is 287 Å². The first-order chi connectivity index (χ1) is 58.9. The van der Waals surface area contributed by atoms with E-state index >= 15 is 28.8 Å². The third kappa shape index (κ3) is 16.5. The molecule has 18 nitrogen and oxygen atoms in total. The summed E-state index contributed by atoms with van der Waals surface area (Å²) in [6.45, 7) is 26.9. The molecule has 0 bridgehead atoms. The maximum absolute atomic E-state index is 17.0. The van der Waals surface area contributed by atoms with Gasteiger partial charge >= 0.3 is 0 Å². The SMILES string of the molecule is C=C(C)C(=O)NCCN(CC)C(=O)C(CCCC)N1C(=O)c2cc(Oc3cccc(-c4cccc(C)c4)c3)c3c4c(Oc5cccc(-c6cccc(C)c6)c5)cc5c6c(cc(Oc7cccc(-c8cccc(C)c8)c7)c(c7c(Oc8cccc(-c9cccc(C)c9)c8)cc(c2c37)C1=O)c64)C(=O)N(C(CCCC)C(=O)N(CC)CCNC(=O)C(=C)C)C5=O. The molecule has 2 atom stereocenters. The Morgan fingerprint density at radius 1 is 0.344 bits per heavy atom. The fourth-order valence-corrected chi connectivity index (χ4v) is 16.9. The third-order valence-corrected chi connectivity index (χ3v) is 23.0. The molecule has 18 heteroatoms. The van der Waals surface area contributed by atoms with Crippen LogP contribution in [0.3, 0.4) is 0 Å². The summed E-state index contributed by atoms with van der Waals surface area (Å²) < 4.78 is 30.4. The lowest BCUT2D eigenvalue weighted by Crippen LogP contribution is -2.55. The summed E-state index contributed by atoms with van der Waals surface area (Å²) >= 11 is 0. The van der Waals surface area contributed by atoms with Gasteiger partial charge in [0.25, 0.3) is 23.6 Å². The molecule has 2 unspecified atom stereocenters. The Morgan fingerprint density at radius 2 is 0.590 bits per heavy atom. The van der Waals surface area contributed by atoms with Gasteiger partial charge in [-0.25, -0.2) is 0 Å². The largest absolute Gasteiger partial charge is 0.457 e. The number of benzene rings is 13. The number of hydrogen-bond acceptors (Lipinski definition) is 12. The summed E-state index contributed by atoms with van der Waals surface area (Å²) in [4.78, 5) is 131. The lowest BCUT2D eigenvalue weighted by Gasteiger charge is -2.37. The van der Waals surface area contributed by atoms with Crippen LogP contribution in [-0.2, 0) is 19.2 Å². The highest BCUT2D eigenvalue weighted by Gasteiger charge is 2.47. The molecular formula is C104H98N6O12. The van der Waals surface area contributed by atoms with Gasteiger partial charge in [0.05, 0.1) is 22.3 Å². The molecule has 0 saturated carbocycles. The number of nitrogens with one attached hydrogen (secondary N) is 2. The Hall–Kier alpha value is -14.0. The van der Waals surface area contributed by atoms with Crippen LogP contribution in [0.1, 0.15) is 144 Å². The van der Waals surface area contributed by atoms with Gasteiger partial charge in [0, 0.05) is 93.5 Å². The van der Waals surface area contributed by atoms with E-state index in [9.17, 15) is 9.59 Å². The van der Waals surface area contributed by atoms with E-state index in [1.165, 1.54) is 0 Å². The molecule has 15 rings (SSSR count). The molecule has 2 aliphatic heterocycles. The minimum Gasteiger partial charge on any atom is -0.457 e. The minimum atomic E-state index is -1.37. The number of imide groups is 2. The normalized spacial score (nSPS) is 12.9. The number of fused-ring (bicyclic) bond motifs is 2.